The molecule has 1 atom stereocenters. The molecule has 0 aliphatic carbocycles. The van der Waals surface area contributed by atoms with Crippen LogP contribution in [0.3, 0.4) is 0 Å². The largest absolute Gasteiger partial charge is 0.354 e. The molecule has 1 N–H and O–H groups in total. The predicted molar refractivity (Wildman–Crippen MR) is 58.6 cm³/mol. The molecule has 1 fully saturated rings. The van der Waals surface area contributed by atoms with Gasteiger partial charge in [0.15, 0.2) is 0 Å². The van der Waals surface area contributed by atoms with E-state index < -0.39 is 0 Å². The summed E-state index contributed by atoms with van der Waals surface area (Å²) in [5.41, 5.74) is 0. The number of hydrogen-bond acceptors (Lipinski definition) is 3. The summed E-state index contributed by atoms with van der Waals surface area (Å²) in [6.45, 7) is 6.91. The molecule has 1 amide bonds. The van der Waals surface area contributed by atoms with Gasteiger partial charge in [0.25, 0.3) is 0 Å². The Bertz CT molecular complexity index is 245. The fourth-order valence-corrected chi connectivity index (χ4v) is 1.98. The molecule has 0 bridgehead atoms. The Morgan fingerprint density at radius 3 is 2.20 bits per heavy atom. The first-order valence-electron chi connectivity index (χ1n) is 5.52. The molecule has 0 saturated carbocycles. The quantitative estimate of drug-likeness (QED) is 0.744. The van der Waals surface area contributed by atoms with E-state index in [4.69, 9.17) is 0 Å². The second-order valence-corrected chi connectivity index (χ2v) is 4.30. The Balaban J connectivity index is 2.35. The Morgan fingerprint density at radius 2 is 1.80 bits per heavy atom. The highest BCUT2D eigenvalue weighted by atomic mass is 16.1. The van der Waals surface area contributed by atoms with E-state index in [0.717, 1.165) is 25.9 Å². The van der Waals surface area contributed by atoms with Gasteiger partial charge in [0, 0.05) is 26.1 Å². The number of Topliss-reactive ketones (excluding diaryl/α,β-unsaturated/α-hetero) is 1. The van der Waals surface area contributed by atoms with Crippen LogP contribution in [0.4, 0.5) is 0 Å². The Morgan fingerprint density at radius 1 is 1.27 bits per heavy atom. The van der Waals surface area contributed by atoms with Gasteiger partial charge in [-0.3, -0.25) is 14.5 Å². The second-order valence-electron chi connectivity index (χ2n) is 4.30. The van der Waals surface area contributed by atoms with E-state index in [1.807, 2.05) is 6.92 Å². The third-order valence-electron chi connectivity index (χ3n) is 3.07. The molecule has 1 aliphatic heterocycles. The maximum absolute atomic E-state index is 11.2. The van der Waals surface area contributed by atoms with Crippen LogP contribution in [0, 0.1) is 0 Å². The van der Waals surface area contributed by atoms with Crippen molar-refractivity contribution < 1.29 is 9.59 Å². The van der Waals surface area contributed by atoms with Crippen molar-refractivity contribution in [2.24, 2.45) is 0 Å². The molecule has 1 saturated heterocycles. The molecule has 15 heavy (non-hydrogen) atoms. The lowest BCUT2D eigenvalue weighted by atomic mass is 10.0. The van der Waals surface area contributed by atoms with Crippen LogP contribution >= 0.6 is 0 Å². The van der Waals surface area contributed by atoms with Crippen LogP contribution in [0.5, 0.6) is 0 Å². The van der Waals surface area contributed by atoms with Gasteiger partial charge in [-0.15, -0.1) is 0 Å². The molecule has 1 heterocycles. The number of amides is 1. The summed E-state index contributed by atoms with van der Waals surface area (Å²) in [5, 5.41) is 2.92. The maximum atomic E-state index is 11.2. The molecule has 4 heteroatoms. The van der Waals surface area contributed by atoms with Gasteiger partial charge in [-0.25, -0.2) is 0 Å². The average Bonchev–Trinajstić information content (AvgIpc) is 2.17. The number of piperidine rings is 1. The van der Waals surface area contributed by atoms with E-state index >= 15 is 0 Å². The number of rotatable bonds is 3. The Hall–Kier alpha value is -0.900. The first kappa shape index (κ1) is 12.2. The third kappa shape index (κ3) is 3.63. The molecule has 0 spiro atoms. The molecule has 0 aromatic rings. The lowest BCUT2D eigenvalue weighted by molar-refractivity contribution is -0.123. The highest BCUT2D eigenvalue weighted by molar-refractivity contribution is 5.80. The van der Waals surface area contributed by atoms with Crippen molar-refractivity contribution >= 4 is 11.7 Å². The topological polar surface area (TPSA) is 49.4 Å². The zero-order chi connectivity index (χ0) is 11.4. The number of likely N-dealkylation sites (tertiary alicyclic amines) is 1. The van der Waals surface area contributed by atoms with E-state index in [2.05, 4.69) is 10.2 Å². The van der Waals surface area contributed by atoms with Crippen LogP contribution in [-0.4, -0.2) is 41.8 Å². The molecule has 0 aromatic carbocycles. The van der Waals surface area contributed by atoms with E-state index in [9.17, 15) is 9.59 Å². The van der Waals surface area contributed by atoms with E-state index in [1.54, 1.807) is 13.8 Å². The lowest BCUT2D eigenvalue weighted by Gasteiger charge is -2.35. The summed E-state index contributed by atoms with van der Waals surface area (Å²) in [5.74, 6) is 0.251. The summed E-state index contributed by atoms with van der Waals surface area (Å²) in [6, 6.07) is 0.307. The minimum atomic E-state index is 0.0169. The first-order valence-corrected chi connectivity index (χ1v) is 5.52. The molecular weight excluding hydrogens is 192 g/mol. The molecule has 0 aromatic heterocycles. The van der Waals surface area contributed by atoms with Crippen LogP contribution in [0.15, 0.2) is 0 Å². The highest BCUT2D eigenvalue weighted by Gasteiger charge is 2.24. The van der Waals surface area contributed by atoms with Crippen LogP contribution < -0.4 is 5.32 Å². The van der Waals surface area contributed by atoms with Crippen molar-refractivity contribution in [3.8, 4) is 0 Å². The number of nitrogens with zero attached hydrogens (tertiary/aromatic N) is 1. The molecule has 0 radical (unpaired) electrons. The van der Waals surface area contributed by atoms with Gasteiger partial charge in [0.05, 0.1) is 6.04 Å². The summed E-state index contributed by atoms with van der Waals surface area (Å²) >= 11 is 0. The molecular formula is C11H20N2O2. The Labute approximate surface area is 91.0 Å². The zero-order valence-electron chi connectivity index (χ0n) is 9.75. The highest BCUT2D eigenvalue weighted by Crippen LogP contribution is 2.13. The van der Waals surface area contributed by atoms with E-state index in [-0.39, 0.29) is 23.8 Å². The van der Waals surface area contributed by atoms with Gasteiger partial charge in [0.2, 0.25) is 5.91 Å². The van der Waals surface area contributed by atoms with Crippen LogP contribution in [-0.2, 0) is 9.59 Å². The summed E-state index contributed by atoms with van der Waals surface area (Å²) in [7, 11) is 0. The lowest BCUT2D eigenvalue weighted by Crippen LogP contribution is -2.48. The third-order valence-corrected chi connectivity index (χ3v) is 3.07. The molecule has 86 valence electrons. The van der Waals surface area contributed by atoms with Crippen molar-refractivity contribution in [1.82, 2.24) is 10.2 Å². The monoisotopic (exact) mass is 212 g/mol. The summed E-state index contributed by atoms with van der Waals surface area (Å²) in [4.78, 5) is 24.2. The van der Waals surface area contributed by atoms with Gasteiger partial charge >= 0.3 is 0 Å². The van der Waals surface area contributed by atoms with Crippen molar-refractivity contribution in [3.63, 3.8) is 0 Å². The smallest absolute Gasteiger partial charge is 0.217 e. The van der Waals surface area contributed by atoms with Crippen molar-refractivity contribution in [2.45, 2.75) is 45.7 Å². The van der Waals surface area contributed by atoms with Gasteiger partial charge in [-0.2, -0.15) is 0 Å². The molecule has 1 aliphatic rings. The van der Waals surface area contributed by atoms with E-state index in [0.29, 0.717) is 0 Å². The van der Waals surface area contributed by atoms with Gasteiger partial charge in [-0.05, 0) is 26.7 Å². The fourth-order valence-electron chi connectivity index (χ4n) is 1.98. The van der Waals surface area contributed by atoms with Crippen LogP contribution in [0.1, 0.15) is 33.6 Å². The van der Waals surface area contributed by atoms with E-state index in [1.165, 1.54) is 0 Å². The number of nitrogens with one attached hydrogen (secondary N) is 1. The molecule has 4 nitrogen and oxygen atoms in total. The maximum Gasteiger partial charge on any atom is 0.217 e. The SMILES string of the molecule is CC(=O)NC1CCN(C(C)C(C)=O)CC1. The standard InChI is InChI=1S/C11H20N2O2/c1-8(9(2)14)13-6-4-11(5-7-13)12-10(3)15/h8,11H,4-7H2,1-3H3,(H,12,15). The van der Waals surface area contributed by atoms with Crippen molar-refractivity contribution in [3.05, 3.63) is 0 Å². The summed E-state index contributed by atoms with van der Waals surface area (Å²) < 4.78 is 0. The number of carbonyl (C=O) groups excluding carboxylic acids is 2. The Kier molecular flexibility index (Phi) is 4.27. The fraction of sp³-hybridized carbons (Fsp3) is 0.818. The van der Waals surface area contributed by atoms with Crippen molar-refractivity contribution in [1.29, 1.82) is 0 Å². The van der Waals surface area contributed by atoms with Crippen LogP contribution in [0.25, 0.3) is 0 Å². The van der Waals surface area contributed by atoms with Crippen LogP contribution in [0.2, 0.25) is 0 Å². The minimum absolute atomic E-state index is 0.0169. The number of carbonyl (C=O) groups is 2. The average molecular weight is 212 g/mol. The van der Waals surface area contributed by atoms with Crippen molar-refractivity contribution in [2.75, 3.05) is 13.1 Å². The summed E-state index contributed by atoms with van der Waals surface area (Å²) in [6.07, 6.45) is 1.88. The number of hydrogen-bond donors (Lipinski definition) is 1. The zero-order valence-corrected chi connectivity index (χ0v) is 9.75. The normalized spacial score (nSPS) is 21.0. The minimum Gasteiger partial charge on any atom is -0.354 e. The van der Waals surface area contributed by atoms with Gasteiger partial charge < -0.3 is 5.32 Å². The van der Waals surface area contributed by atoms with Gasteiger partial charge in [-0.1, -0.05) is 0 Å². The first-order chi connectivity index (χ1) is 7.00. The number of ketones is 1. The molecule has 1 rings (SSSR count). The second kappa shape index (κ2) is 5.26. The van der Waals surface area contributed by atoms with Gasteiger partial charge in [0.1, 0.15) is 5.78 Å². The predicted octanol–water partition coefficient (Wildman–Crippen LogP) is 0.564. The molecule has 1 unspecified atom stereocenters.